The van der Waals surface area contributed by atoms with Crippen LogP contribution in [0.3, 0.4) is 0 Å². The maximum absolute atomic E-state index is 10.2. The van der Waals surface area contributed by atoms with E-state index in [1.54, 1.807) is 0 Å². The summed E-state index contributed by atoms with van der Waals surface area (Å²) in [5.74, 6) is -3.92. The first-order chi connectivity index (χ1) is 5.36. The van der Waals surface area contributed by atoms with Crippen LogP contribution in [0.1, 0.15) is 0 Å². The Morgan fingerprint density at radius 2 is 1.75 bits per heavy atom. The molecule has 0 spiro atoms. The summed E-state index contributed by atoms with van der Waals surface area (Å²) < 4.78 is 0. The average Bonchev–Trinajstić information content (AvgIpc) is 2.01. The largest absolute Gasteiger partial charge is 0.479 e. The third kappa shape index (κ3) is 1.70. The van der Waals surface area contributed by atoms with Crippen molar-refractivity contribution < 1.29 is 35.1 Å². The number of hydrogen-bond donors (Lipinski definition) is 5. The molecule has 0 aliphatic heterocycles. The molecule has 5 N–H and O–H groups in total. The van der Waals surface area contributed by atoms with Crippen LogP contribution in [-0.2, 0) is 9.59 Å². The summed E-state index contributed by atoms with van der Waals surface area (Å²) in [4.78, 5) is 20.2. The average molecular weight is 180 g/mol. The van der Waals surface area contributed by atoms with Crippen LogP contribution in [-0.4, -0.2) is 55.8 Å². The molecule has 0 aliphatic carbocycles. The quantitative estimate of drug-likeness (QED) is 0.316. The lowest BCUT2D eigenvalue weighted by atomic mass is 9.98. The molecular formula is C5H8O7. The van der Waals surface area contributed by atoms with Crippen LogP contribution in [0.25, 0.3) is 0 Å². The highest BCUT2D eigenvalue weighted by Crippen LogP contribution is 2.10. The molecule has 0 amide bonds. The number of aliphatic carboxylic acids is 2. The molecule has 0 fully saturated rings. The first kappa shape index (κ1) is 10.8. The lowest BCUT2D eigenvalue weighted by Gasteiger charge is -2.22. The van der Waals surface area contributed by atoms with Gasteiger partial charge in [-0.25, -0.2) is 9.59 Å². The van der Waals surface area contributed by atoms with E-state index in [1.165, 1.54) is 0 Å². The molecule has 7 nitrogen and oxygen atoms in total. The van der Waals surface area contributed by atoms with E-state index in [-0.39, 0.29) is 0 Å². The highest BCUT2D eigenvalue weighted by atomic mass is 16.5. The van der Waals surface area contributed by atoms with E-state index in [2.05, 4.69) is 0 Å². The highest BCUT2D eigenvalue weighted by molar-refractivity contribution is 5.87. The van der Waals surface area contributed by atoms with Crippen LogP contribution in [0.5, 0.6) is 0 Å². The molecule has 7 heteroatoms. The first-order valence-corrected chi connectivity index (χ1v) is 2.83. The Morgan fingerprint density at radius 3 is 1.83 bits per heavy atom. The lowest BCUT2D eigenvalue weighted by molar-refractivity contribution is -0.188. The Bertz CT molecular complexity index is 200. The molecule has 12 heavy (non-hydrogen) atoms. The topological polar surface area (TPSA) is 135 Å². The Balaban J connectivity index is 4.75. The predicted molar refractivity (Wildman–Crippen MR) is 33.3 cm³/mol. The van der Waals surface area contributed by atoms with E-state index >= 15 is 0 Å². The van der Waals surface area contributed by atoms with Gasteiger partial charge >= 0.3 is 11.9 Å². The number of carboxylic acids is 2. The zero-order chi connectivity index (χ0) is 9.94. The summed E-state index contributed by atoms with van der Waals surface area (Å²) >= 11 is 0. The standard InChI is InChI=1S/C5H8O7/c6-1-5(12,4(10)11)2(7)3(8)9/h2,6-7,12H,1H2,(H,8,9)(H,10,11). The molecule has 0 aliphatic rings. The highest BCUT2D eigenvalue weighted by Gasteiger charge is 2.47. The number of hydrogen-bond acceptors (Lipinski definition) is 5. The van der Waals surface area contributed by atoms with Crippen LogP contribution in [0.4, 0.5) is 0 Å². The molecule has 0 saturated carbocycles. The molecule has 2 atom stereocenters. The van der Waals surface area contributed by atoms with Gasteiger partial charge in [-0.2, -0.15) is 0 Å². The van der Waals surface area contributed by atoms with Gasteiger partial charge in [0.2, 0.25) is 5.60 Å². The minimum absolute atomic E-state index is 1.38. The van der Waals surface area contributed by atoms with Crippen molar-refractivity contribution in [1.29, 1.82) is 0 Å². The summed E-state index contributed by atoms with van der Waals surface area (Å²) in [6, 6.07) is 0. The van der Waals surface area contributed by atoms with Gasteiger partial charge in [0, 0.05) is 0 Å². The smallest absolute Gasteiger partial charge is 0.341 e. The summed E-state index contributed by atoms with van der Waals surface area (Å²) in [5, 5.41) is 42.1. The van der Waals surface area contributed by atoms with Crippen molar-refractivity contribution in [3.8, 4) is 0 Å². The van der Waals surface area contributed by atoms with Crippen LogP contribution < -0.4 is 0 Å². The zero-order valence-electron chi connectivity index (χ0n) is 5.84. The molecule has 0 heterocycles. The van der Waals surface area contributed by atoms with Crippen LogP contribution in [0.2, 0.25) is 0 Å². The van der Waals surface area contributed by atoms with Crippen molar-refractivity contribution in [2.75, 3.05) is 6.61 Å². The minimum atomic E-state index is -3.05. The van der Waals surface area contributed by atoms with Crippen LogP contribution in [0, 0.1) is 0 Å². The fourth-order valence-corrected chi connectivity index (χ4v) is 0.475. The molecule has 2 unspecified atom stereocenters. The van der Waals surface area contributed by atoms with Crippen molar-refractivity contribution in [3.63, 3.8) is 0 Å². The molecule has 0 aromatic heterocycles. The van der Waals surface area contributed by atoms with Crippen molar-refractivity contribution in [3.05, 3.63) is 0 Å². The molecular weight excluding hydrogens is 172 g/mol. The van der Waals surface area contributed by atoms with Gasteiger partial charge in [0.1, 0.15) is 0 Å². The van der Waals surface area contributed by atoms with Gasteiger partial charge in [-0.15, -0.1) is 0 Å². The Hall–Kier alpha value is -1.18. The van der Waals surface area contributed by atoms with Crippen molar-refractivity contribution >= 4 is 11.9 Å². The second-order valence-corrected chi connectivity index (χ2v) is 2.13. The van der Waals surface area contributed by atoms with Crippen molar-refractivity contribution in [1.82, 2.24) is 0 Å². The van der Waals surface area contributed by atoms with Gasteiger partial charge in [0.25, 0.3) is 0 Å². The van der Waals surface area contributed by atoms with E-state index in [1.807, 2.05) is 0 Å². The summed E-state index contributed by atoms with van der Waals surface area (Å²) in [6.45, 7) is -1.38. The molecule has 70 valence electrons. The van der Waals surface area contributed by atoms with Crippen molar-refractivity contribution in [2.45, 2.75) is 11.7 Å². The Labute approximate surface area is 66.5 Å². The van der Waals surface area contributed by atoms with E-state index in [0.717, 1.165) is 0 Å². The minimum Gasteiger partial charge on any atom is -0.479 e. The molecule has 0 saturated heterocycles. The van der Waals surface area contributed by atoms with E-state index in [0.29, 0.717) is 0 Å². The lowest BCUT2D eigenvalue weighted by Crippen LogP contribution is -2.55. The third-order valence-electron chi connectivity index (χ3n) is 1.30. The molecule has 0 aromatic carbocycles. The number of aliphatic hydroxyl groups is 3. The van der Waals surface area contributed by atoms with Gasteiger partial charge in [-0.05, 0) is 0 Å². The van der Waals surface area contributed by atoms with E-state index in [9.17, 15) is 9.59 Å². The summed E-state index contributed by atoms with van der Waals surface area (Å²) in [5.41, 5.74) is -3.05. The Morgan fingerprint density at radius 1 is 1.33 bits per heavy atom. The summed E-state index contributed by atoms with van der Waals surface area (Å²) in [6.07, 6.45) is -2.56. The second kappa shape index (κ2) is 3.48. The van der Waals surface area contributed by atoms with E-state index in [4.69, 9.17) is 25.5 Å². The number of aliphatic hydroxyl groups excluding tert-OH is 2. The monoisotopic (exact) mass is 180 g/mol. The van der Waals surface area contributed by atoms with Crippen LogP contribution >= 0.6 is 0 Å². The number of carbonyl (C=O) groups is 2. The summed E-state index contributed by atoms with van der Waals surface area (Å²) in [7, 11) is 0. The van der Waals surface area contributed by atoms with Gasteiger partial charge in [0.15, 0.2) is 6.10 Å². The fourth-order valence-electron chi connectivity index (χ4n) is 0.475. The van der Waals surface area contributed by atoms with E-state index < -0.39 is 30.3 Å². The molecule has 0 bridgehead atoms. The maximum atomic E-state index is 10.2. The molecule has 0 rings (SSSR count). The molecule has 0 radical (unpaired) electrons. The normalized spacial score (nSPS) is 17.9. The van der Waals surface area contributed by atoms with Gasteiger partial charge in [-0.3, -0.25) is 0 Å². The second-order valence-electron chi connectivity index (χ2n) is 2.13. The predicted octanol–water partition coefficient (Wildman–Crippen LogP) is -2.76. The van der Waals surface area contributed by atoms with Crippen molar-refractivity contribution in [2.24, 2.45) is 0 Å². The fraction of sp³-hybridized carbons (Fsp3) is 0.600. The number of carboxylic acid groups (broad SMARTS) is 2. The third-order valence-corrected chi connectivity index (χ3v) is 1.30. The maximum Gasteiger partial charge on any atom is 0.341 e. The SMILES string of the molecule is O=C(O)C(O)C(O)(CO)C(=O)O. The van der Waals surface area contributed by atoms with Crippen LogP contribution in [0.15, 0.2) is 0 Å². The van der Waals surface area contributed by atoms with Gasteiger partial charge in [0.05, 0.1) is 6.61 Å². The number of rotatable bonds is 4. The molecule has 0 aromatic rings. The first-order valence-electron chi connectivity index (χ1n) is 2.83. The zero-order valence-corrected chi connectivity index (χ0v) is 5.84. The van der Waals surface area contributed by atoms with Gasteiger partial charge in [-0.1, -0.05) is 0 Å². The van der Waals surface area contributed by atoms with Gasteiger partial charge < -0.3 is 25.5 Å². The Kier molecular flexibility index (Phi) is 3.14.